The third-order valence-electron chi connectivity index (χ3n) is 7.28. The predicted molar refractivity (Wildman–Crippen MR) is 152 cm³/mol. The third kappa shape index (κ3) is 5.98. The van der Waals surface area contributed by atoms with Crippen LogP contribution in [0.25, 0.3) is 0 Å². The molecule has 1 aliphatic rings. The van der Waals surface area contributed by atoms with Gasteiger partial charge in [0.2, 0.25) is 10.0 Å². The number of carbonyl (C=O) groups is 2. The minimum atomic E-state index is -4.01. The Morgan fingerprint density at radius 3 is 2.40 bits per heavy atom. The first kappa shape index (κ1) is 31.0. The lowest BCUT2D eigenvalue weighted by Crippen LogP contribution is -2.50. The van der Waals surface area contributed by atoms with Crippen LogP contribution in [0.5, 0.6) is 5.75 Å². The fourth-order valence-corrected chi connectivity index (χ4v) is 6.30. The summed E-state index contributed by atoms with van der Waals surface area (Å²) in [5.74, 6) is -0.125. The summed E-state index contributed by atoms with van der Waals surface area (Å²) in [6, 6.07) is 3.58. The minimum absolute atomic E-state index is 0.0204. The highest BCUT2D eigenvalue weighted by Gasteiger charge is 2.37. The minimum Gasteiger partial charge on any atom is -0.486 e. The maximum Gasteiger partial charge on any atom is 0.323 e. The van der Waals surface area contributed by atoms with Gasteiger partial charge in [0.25, 0.3) is 5.91 Å². The highest BCUT2D eigenvalue weighted by Crippen LogP contribution is 2.36. The summed E-state index contributed by atoms with van der Waals surface area (Å²) >= 11 is 0. The Labute approximate surface area is 244 Å². The molecule has 3 amide bonds. The van der Waals surface area contributed by atoms with Crippen LogP contribution in [0.1, 0.15) is 47.1 Å². The summed E-state index contributed by atoms with van der Waals surface area (Å²) < 4.78 is 44.8. The van der Waals surface area contributed by atoms with Crippen LogP contribution in [0.3, 0.4) is 0 Å². The van der Waals surface area contributed by atoms with Crippen LogP contribution < -0.4 is 15.4 Å². The Morgan fingerprint density at radius 1 is 1.14 bits per heavy atom. The van der Waals surface area contributed by atoms with Crippen LogP contribution in [0.4, 0.5) is 16.2 Å². The Hall–Kier alpha value is -3.95. The van der Waals surface area contributed by atoms with Crippen molar-refractivity contribution in [2.75, 3.05) is 37.4 Å². The number of benzene rings is 1. The van der Waals surface area contributed by atoms with Crippen molar-refractivity contribution in [2.45, 2.75) is 58.6 Å². The molecule has 0 fully saturated rings. The number of hydrogen-bond donors (Lipinski definition) is 3. The molecular formula is C27H36N6O8S. The summed E-state index contributed by atoms with van der Waals surface area (Å²) in [5.41, 5.74) is 1.47. The lowest BCUT2D eigenvalue weighted by atomic mass is 9.99. The number of para-hydroxylation sites is 1. The quantitative estimate of drug-likeness (QED) is 0.346. The van der Waals surface area contributed by atoms with Crippen molar-refractivity contribution in [1.29, 1.82) is 0 Å². The number of aliphatic hydroxyl groups excluding tert-OH is 1. The summed E-state index contributed by atoms with van der Waals surface area (Å²) in [7, 11) is -2.58. The Kier molecular flexibility index (Phi) is 8.94. The Bertz CT molecular complexity index is 1540. The first-order valence-electron chi connectivity index (χ1n) is 13.4. The summed E-state index contributed by atoms with van der Waals surface area (Å²) in [6.45, 7) is 9.78. The number of sulfonamides is 1. The van der Waals surface area contributed by atoms with Gasteiger partial charge in [-0.3, -0.25) is 4.79 Å². The molecule has 0 saturated heterocycles. The third-order valence-corrected chi connectivity index (χ3v) is 9.35. The molecule has 228 valence electrons. The molecule has 0 spiro atoms. The largest absolute Gasteiger partial charge is 0.486 e. The zero-order valence-corrected chi connectivity index (χ0v) is 25.4. The molecule has 3 N–H and O–H groups in total. The zero-order chi connectivity index (χ0) is 30.9. The molecule has 0 bridgehead atoms. The Morgan fingerprint density at radius 2 is 1.81 bits per heavy atom. The molecule has 14 nitrogen and oxygen atoms in total. The van der Waals surface area contributed by atoms with Crippen molar-refractivity contribution < 1.29 is 36.9 Å². The number of aryl methyl sites for hydroxylation is 4. The number of carbonyl (C=O) groups excluding carboxylic acids is 2. The molecule has 0 radical (unpaired) electrons. The first-order chi connectivity index (χ1) is 19.8. The van der Waals surface area contributed by atoms with Crippen molar-refractivity contribution in [2.24, 2.45) is 5.92 Å². The number of hydrogen-bond acceptors (Lipinski definition) is 10. The Balaban J connectivity index is 1.71. The topological polar surface area (TPSA) is 180 Å². The average molecular weight is 605 g/mol. The number of ether oxygens (including phenoxy) is 1. The molecule has 1 aliphatic heterocycles. The normalized spacial score (nSPS) is 18.2. The first-order valence-corrected chi connectivity index (χ1v) is 14.8. The lowest BCUT2D eigenvalue weighted by molar-refractivity contribution is 0.0389. The molecule has 2 aromatic heterocycles. The molecule has 3 heterocycles. The van der Waals surface area contributed by atoms with E-state index in [-0.39, 0.29) is 59.0 Å². The van der Waals surface area contributed by atoms with E-state index in [1.165, 1.54) is 18.9 Å². The van der Waals surface area contributed by atoms with Crippen LogP contribution in [0.15, 0.2) is 32.1 Å². The van der Waals surface area contributed by atoms with Gasteiger partial charge in [0.05, 0.1) is 30.4 Å². The van der Waals surface area contributed by atoms with Gasteiger partial charge in [-0.25, -0.2) is 13.2 Å². The van der Waals surface area contributed by atoms with Crippen molar-refractivity contribution >= 4 is 33.3 Å². The van der Waals surface area contributed by atoms with Crippen LogP contribution in [-0.4, -0.2) is 83.9 Å². The van der Waals surface area contributed by atoms with Gasteiger partial charge in [0, 0.05) is 19.5 Å². The number of aromatic nitrogens is 2. The van der Waals surface area contributed by atoms with Crippen molar-refractivity contribution in [3.63, 3.8) is 0 Å². The van der Waals surface area contributed by atoms with Gasteiger partial charge < -0.3 is 34.4 Å². The molecule has 42 heavy (non-hydrogen) atoms. The van der Waals surface area contributed by atoms with Gasteiger partial charge in [-0.05, 0) is 46.8 Å². The molecule has 3 unspecified atom stereocenters. The molecule has 4 rings (SSSR count). The van der Waals surface area contributed by atoms with Crippen LogP contribution in [-0.2, 0) is 10.0 Å². The average Bonchev–Trinajstić information content (AvgIpc) is 3.45. The van der Waals surface area contributed by atoms with Crippen LogP contribution in [0.2, 0.25) is 0 Å². The SMILES string of the molecule is Cc1noc(C)c1NC(=O)Nc1cccc2c1OC(CN(C)S(=O)(=O)c1c(C)noc1C)C(C)CN(C(C)CO)C2=O. The van der Waals surface area contributed by atoms with Gasteiger partial charge in [-0.2, -0.15) is 4.31 Å². The molecule has 3 aromatic rings. The van der Waals surface area contributed by atoms with Gasteiger partial charge >= 0.3 is 6.03 Å². The second-order valence-corrected chi connectivity index (χ2v) is 12.5. The van der Waals surface area contributed by atoms with Crippen molar-refractivity contribution in [1.82, 2.24) is 19.5 Å². The van der Waals surface area contributed by atoms with Crippen molar-refractivity contribution in [3.05, 3.63) is 46.7 Å². The van der Waals surface area contributed by atoms with Crippen molar-refractivity contribution in [3.8, 4) is 5.75 Å². The maximum atomic E-state index is 13.7. The van der Waals surface area contributed by atoms with Gasteiger partial charge in [0.1, 0.15) is 28.1 Å². The molecular weight excluding hydrogens is 568 g/mol. The van der Waals surface area contributed by atoms with Crippen LogP contribution >= 0.6 is 0 Å². The van der Waals surface area contributed by atoms with E-state index in [1.54, 1.807) is 45.9 Å². The number of aliphatic hydroxyl groups is 1. The predicted octanol–water partition coefficient (Wildman–Crippen LogP) is 3.08. The number of nitrogens with zero attached hydrogens (tertiary/aromatic N) is 4. The second-order valence-electron chi connectivity index (χ2n) is 10.5. The monoisotopic (exact) mass is 604 g/mol. The number of nitrogens with one attached hydrogen (secondary N) is 2. The number of urea groups is 1. The van der Waals surface area contributed by atoms with Crippen LogP contribution in [0, 0.1) is 33.6 Å². The molecule has 0 saturated carbocycles. The smallest absolute Gasteiger partial charge is 0.323 e. The fourth-order valence-electron chi connectivity index (χ4n) is 4.84. The number of amides is 3. The van der Waals surface area contributed by atoms with E-state index in [4.69, 9.17) is 13.8 Å². The zero-order valence-electron chi connectivity index (χ0n) is 24.6. The van der Waals surface area contributed by atoms with E-state index < -0.39 is 34.1 Å². The van der Waals surface area contributed by atoms with E-state index in [2.05, 4.69) is 20.9 Å². The van der Waals surface area contributed by atoms with Gasteiger partial charge in [-0.15, -0.1) is 0 Å². The molecule has 1 aromatic carbocycles. The number of rotatable bonds is 8. The van der Waals surface area contributed by atoms with E-state index >= 15 is 0 Å². The fraction of sp³-hybridized carbons (Fsp3) is 0.481. The molecule has 15 heteroatoms. The molecule has 0 aliphatic carbocycles. The highest BCUT2D eigenvalue weighted by molar-refractivity contribution is 7.89. The van der Waals surface area contributed by atoms with Gasteiger partial charge in [-0.1, -0.05) is 23.3 Å². The maximum absolute atomic E-state index is 13.7. The number of likely N-dealkylation sites (N-methyl/N-ethyl adjacent to an activating group) is 1. The van der Waals surface area contributed by atoms with E-state index in [0.29, 0.717) is 17.1 Å². The standard InChI is InChI=1S/C27H36N6O8S/c1-14-11-33(15(2)13-34)26(35)20-9-8-10-21(28-27(36)29-23-16(3)30-40-18(23)5)24(20)39-22(14)12-32(7)42(37,38)25-17(4)31-41-19(25)6/h8-10,14-15,22,34H,11-13H2,1-7H3,(H2,28,29,36). The van der Waals surface area contributed by atoms with E-state index in [1.807, 2.05) is 6.92 Å². The summed E-state index contributed by atoms with van der Waals surface area (Å²) in [6.07, 6.45) is -0.765. The van der Waals surface area contributed by atoms with Gasteiger partial charge in [0.15, 0.2) is 17.3 Å². The number of fused-ring (bicyclic) bond motifs is 1. The molecule has 3 atom stereocenters. The summed E-state index contributed by atoms with van der Waals surface area (Å²) in [5, 5.41) is 22.9. The van der Waals surface area contributed by atoms with E-state index in [0.717, 1.165) is 4.31 Å². The van der Waals surface area contributed by atoms with E-state index in [9.17, 15) is 23.1 Å². The lowest BCUT2D eigenvalue weighted by Gasteiger charge is -2.38. The second kappa shape index (κ2) is 12.1. The summed E-state index contributed by atoms with van der Waals surface area (Å²) in [4.78, 5) is 28.2. The number of anilines is 2. The highest BCUT2D eigenvalue weighted by atomic mass is 32.2.